The minimum atomic E-state index is -0.124. The predicted molar refractivity (Wildman–Crippen MR) is 101 cm³/mol. The highest BCUT2D eigenvalue weighted by Crippen LogP contribution is 2.59. The Hall–Kier alpha value is -0.810. The summed E-state index contributed by atoms with van der Waals surface area (Å²) in [6, 6.07) is 7.91. The van der Waals surface area contributed by atoms with Crippen molar-refractivity contribution in [3.8, 4) is 0 Å². The fraction of sp³-hybridized carbons (Fsp3) is 0.632. The lowest BCUT2D eigenvalue weighted by Gasteiger charge is -2.39. The van der Waals surface area contributed by atoms with Gasteiger partial charge in [0.2, 0.25) is 5.91 Å². The van der Waals surface area contributed by atoms with E-state index in [1.54, 1.807) is 0 Å². The van der Waals surface area contributed by atoms with Crippen LogP contribution in [0.3, 0.4) is 0 Å². The lowest BCUT2D eigenvalue weighted by molar-refractivity contribution is -0.147. The zero-order chi connectivity index (χ0) is 16.7. The topological polar surface area (TPSA) is 41.6 Å². The number of morpholine rings is 1. The van der Waals surface area contributed by atoms with Gasteiger partial charge in [0.15, 0.2) is 0 Å². The number of nitrogens with zero attached hydrogens (tertiary/aromatic N) is 1. The van der Waals surface area contributed by atoms with E-state index >= 15 is 0 Å². The van der Waals surface area contributed by atoms with Crippen LogP contribution >= 0.6 is 24.0 Å². The number of benzene rings is 1. The Morgan fingerprint density at radius 3 is 2.76 bits per heavy atom. The Balaban J connectivity index is 0.00000182. The van der Waals surface area contributed by atoms with Crippen molar-refractivity contribution in [1.82, 2.24) is 10.2 Å². The zero-order valence-corrected chi connectivity index (χ0v) is 16.1. The van der Waals surface area contributed by atoms with E-state index in [0.29, 0.717) is 24.1 Å². The van der Waals surface area contributed by atoms with Crippen LogP contribution in [-0.4, -0.2) is 43.1 Å². The van der Waals surface area contributed by atoms with Crippen LogP contribution in [0.4, 0.5) is 0 Å². The normalized spacial score (nSPS) is 30.6. The summed E-state index contributed by atoms with van der Waals surface area (Å²) in [7, 11) is 0. The third kappa shape index (κ3) is 3.55. The van der Waals surface area contributed by atoms with Gasteiger partial charge in [0.25, 0.3) is 0 Å². The van der Waals surface area contributed by atoms with Gasteiger partial charge < -0.3 is 15.0 Å². The molecule has 0 aromatic heterocycles. The average molecular weight is 385 g/mol. The van der Waals surface area contributed by atoms with Gasteiger partial charge in [-0.25, -0.2) is 0 Å². The van der Waals surface area contributed by atoms with Crippen LogP contribution in [0.5, 0.6) is 0 Å². The molecule has 1 N–H and O–H groups in total. The highest BCUT2D eigenvalue weighted by atomic mass is 35.5. The van der Waals surface area contributed by atoms with E-state index in [9.17, 15) is 4.79 Å². The molecule has 2 heterocycles. The molecule has 3 fully saturated rings. The molecule has 1 saturated carbocycles. The molecule has 2 aliphatic heterocycles. The van der Waals surface area contributed by atoms with Crippen LogP contribution < -0.4 is 5.32 Å². The van der Waals surface area contributed by atoms with Gasteiger partial charge in [0.1, 0.15) is 6.10 Å². The van der Waals surface area contributed by atoms with E-state index < -0.39 is 0 Å². The molecule has 1 spiro atoms. The molecule has 6 heteroatoms. The van der Waals surface area contributed by atoms with Gasteiger partial charge in [0.05, 0.1) is 19.2 Å². The number of nitrogens with one attached hydrogen (secondary N) is 1. The molecule has 3 unspecified atom stereocenters. The van der Waals surface area contributed by atoms with Crippen LogP contribution in [0.1, 0.15) is 37.9 Å². The van der Waals surface area contributed by atoms with Crippen molar-refractivity contribution in [3.05, 3.63) is 34.9 Å². The number of carbonyl (C=O) groups is 1. The van der Waals surface area contributed by atoms with E-state index in [4.69, 9.17) is 16.3 Å². The van der Waals surface area contributed by atoms with E-state index in [1.165, 1.54) is 0 Å². The lowest BCUT2D eigenvalue weighted by Crippen LogP contribution is -2.49. The molecule has 3 atom stereocenters. The highest BCUT2D eigenvalue weighted by Gasteiger charge is 2.59. The van der Waals surface area contributed by atoms with Crippen molar-refractivity contribution in [3.63, 3.8) is 0 Å². The van der Waals surface area contributed by atoms with Crippen LogP contribution in [0, 0.1) is 11.3 Å². The molecule has 0 bridgehead atoms. The van der Waals surface area contributed by atoms with Crippen molar-refractivity contribution in [2.24, 2.45) is 11.3 Å². The third-order valence-electron chi connectivity index (χ3n) is 6.06. The summed E-state index contributed by atoms with van der Waals surface area (Å²) >= 11 is 6.32. The molecule has 1 aromatic carbocycles. The van der Waals surface area contributed by atoms with Crippen molar-refractivity contribution >= 4 is 29.9 Å². The Bertz CT molecular complexity index is 634. The second-order valence-corrected chi connectivity index (χ2v) is 7.96. The summed E-state index contributed by atoms with van der Waals surface area (Å²) in [5.41, 5.74) is 1.26. The van der Waals surface area contributed by atoms with Crippen molar-refractivity contribution in [1.29, 1.82) is 0 Å². The lowest BCUT2D eigenvalue weighted by atomic mass is 9.91. The Morgan fingerprint density at radius 2 is 2.04 bits per heavy atom. The molecule has 1 aliphatic carbocycles. The maximum Gasteiger partial charge on any atom is 0.226 e. The van der Waals surface area contributed by atoms with E-state index in [0.717, 1.165) is 37.9 Å². The number of piperidine rings is 1. The number of hydrogen-bond acceptors (Lipinski definition) is 3. The first kappa shape index (κ1) is 19.0. The first-order valence-electron chi connectivity index (χ1n) is 8.98. The van der Waals surface area contributed by atoms with Gasteiger partial charge in [-0.15, -0.1) is 12.4 Å². The molecular formula is C19H26Cl2N2O2. The fourth-order valence-corrected chi connectivity index (χ4v) is 4.62. The highest BCUT2D eigenvalue weighted by molar-refractivity contribution is 6.31. The largest absolute Gasteiger partial charge is 0.369 e. The van der Waals surface area contributed by atoms with Gasteiger partial charge in [-0.2, -0.15) is 0 Å². The molecule has 0 radical (unpaired) electrons. The van der Waals surface area contributed by atoms with Crippen LogP contribution in [-0.2, 0) is 9.53 Å². The SMILES string of the molecule is CC1COC(c2ccccc2Cl)CN1C(=O)C1CC12CCNCC2.Cl. The summed E-state index contributed by atoms with van der Waals surface area (Å²) in [4.78, 5) is 15.2. The molecule has 138 valence electrons. The second-order valence-electron chi connectivity index (χ2n) is 7.55. The van der Waals surface area contributed by atoms with Gasteiger partial charge >= 0.3 is 0 Å². The van der Waals surface area contributed by atoms with Gasteiger partial charge in [-0.3, -0.25) is 4.79 Å². The van der Waals surface area contributed by atoms with E-state index in [1.807, 2.05) is 29.2 Å². The number of hydrogen-bond donors (Lipinski definition) is 1. The zero-order valence-electron chi connectivity index (χ0n) is 14.5. The molecule has 1 aromatic rings. The molecule has 2 saturated heterocycles. The van der Waals surface area contributed by atoms with Crippen molar-refractivity contribution < 1.29 is 9.53 Å². The molecular weight excluding hydrogens is 359 g/mol. The van der Waals surface area contributed by atoms with E-state index in [2.05, 4.69) is 12.2 Å². The number of rotatable bonds is 2. The van der Waals surface area contributed by atoms with E-state index in [-0.39, 0.29) is 35.9 Å². The Kier molecular flexibility index (Phi) is 5.64. The molecule has 3 aliphatic rings. The van der Waals surface area contributed by atoms with Crippen LogP contribution in [0.25, 0.3) is 0 Å². The third-order valence-corrected chi connectivity index (χ3v) is 6.40. The maximum absolute atomic E-state index is 13.1. The Labute approximate surface area is 160 Å². The summed E-state index contributed by atoms with van der Waals surface area (Å²) in [5.74, 6) is 0.539. The predicted octanol–water partition coefficient (Wildman–Crippen LogP) is 3.44. The quantitative estimate of drug-likeness (QED) is 0.848. The van der Waals surface area contributed by atoms with Gasteiger partial charge in [-0.1, -0.05) is 29.8 Å². The molecule has 1 amide bonds. The first-order chi connectivity index (χ1) is 11.6. The summed E-state index contributed by atoms with van der Waals surface area (Å²) in [6.07, 6.45) is 3.21. The molecule has 4 nitrogen and oxygen atoms in total. The van der Waals surface area contributed by atoms with Crippen LogP contribution in [0.2, 0.25) is 5.02 Å². The van der Waals surface area contributed by atoms with Crippen LogP contribution in [0.15, 0.2) is 24.3 Å². The smallest absolute Gasteiger partial charge is 0.226 e. The molecule has 4 rings (SSSR count). The summed E-state index contributed by atoms with van der Waals surface area (Å²) in [5, 5.41) is 4.12. The summed E-state index contributed by atoms with van der Waals surface area (Å²) < 4.78 is 5.99. The number of ether oxygens (including phenoxy) is 1. The average Bonchev–Trinajstić information content (AvgIpc) is 3.29. The summed E-state index contributed by atoms with van der Waals surface area (Å²) in [6.45, 7) is 5.35. The van der Waals surface area contributed by atoms with Gasteiger partial charge in [0, 0.05) is 16.5 Å². The fourth-order valence-electron chi connectivity index (χ4n) is 4.36. The van der Waals surface area contributed by atoms with Crippen molar-refractivity contribution in [2.75, 3.05) is 26.2 Å². The minimum absolute atomic E-state index is 0. The Morgan fingerprint density at radius 1 is 1.32 bits per heavy atom. The monoisotopic (exact) mass is 384 g/mol. The van der Waals surface area contributed by atoms with Gasteiger partial charge in [-0.05, 0) is 50.8 Å². The first-order valence-corrected chi connectivity index (χ1v) is 9.36. The number of carbonyl (C=O) groups excluding carboxylic acids is 1. The molecule has 25 heavy (non-hydrogen) atoms. The minimum Gasteiger partial charge on any atom is -0.369 e. The second kappa shape index (κ2) is 7.43. The van der Waals surface area contributed by atoms with Crippen molar-refractivity contribution in [2.45, 2.75) is 38.3 Å². The standard InChI is InChI=1S/C19H25ClN2O2.ClH/c1-13-12-24-17(14-4-2-3-5-16(14)20)11-22(13)18(23)15-10-19(15)6-8-21-9-7-19;/h2-5,13,15,17,21H,6-12H2,1H3;1H. The number of amides is 1. The number of halogens is 2. The maximum atomic E-state index is 13.1.